The molecule has 2 rings (SSSR count). The summed E-state index contributed by atoms with van der Waals surface area (Å²) in [5, 5.41) is 5.91. The topological polar surface area (TPSA) is 67.4 Å². The van der Waals surface area contributed by atoms with E-state index in [9.17, 15) is 9.59 Å². The van der Waals surface area contributed by atoms with Gasteiger partial charge in [0, 0.05) is 5.69 Å². The molecule has 5 heteroatoms. The van der Waals surface area contributed by atoms with Gasteiger partial charge in [-0.05, 0) is 42.0 Å². The molecule has 28 heavy (non-hydrogen) atoms. The molecule has 0 aromatic heterocycles. The summed E-state index contributed by atoms with van der Waals surface area (Å²) < 4.78 is 5.26. The Morgan fingerprint density at radius 2 is 1.64 bits per heavy atom. The van der Waals surface area contributed by atoms with Gasteiger partial charge < -0.3 is 15.4 Å². The molecule has 0 heterocycles. The molecule has 0 aliphatic rings. The molecular weight excluding hydrogens is 352 g/mol. The first-order chi connectivity index (χ1) is 13.3. The van der Waals surface area contributed by atoms with Crippen LogP contribution in [-0.2, 0) is 4.79 Å². The second kappa shape index (κ2) is 9.40. The number of hydrogen-bond donors (Lipinski definition) is 2. The molecule has 0 aliphatic carbocycles. The molecule has 2 aromatic carbocycles. The summed E-state index contributed by atoms with van der Waals surface area (Å²) in [6, 6.07) is 12.3. The van der Waals surface area contributed by atoms with Gasteiger partial charge >= 0.3 is 0 Å². The van der Waals surface area contributed by atoms with Gasteiger partial charge in [-0.3, -0.25) is 9.59 Å². The molecule has 2 N–H and O–H groups in total. The zero-order chi connectivity index (χ0) is 20.8. The number of carbonyl (C=O) groups is 2. The van der Waals surface area contributed by atoms with Crippen LogP contribution in [-0.4, -0.2) is 25.0 Å². The number of hydrogen-bond acceptors (Lipinski definition) is 3. The third kappa shape index (κ3) is 4.91. The number of amides is 2. The Morgan fingerprint density at radius 1 is 0.964 bits per heavy atom. The maximum Gasteiger partial charge on any atom is 0.255 e. The first-order valence-corrected chi connectivity index (χ1v) is 9.60. The number of para-hydroxylation sites is 2. The molecule has 0 saturated carbocycles. The minimum Gasteiger partial charge on any atom is -0.496 e. The van der Waals surface area contributed by atoms with Crippen LogP contribution in [0.2, 0.25) is 0 Å². The Balaban J connectivity index is 2.25. The van der Waals surface area contributed by atoms with Crippen molar-refractivity contribution in [1.82, 2.24) is 5.32 Å². The highest BCUT2D eigenvalue weighted by Crippen LogP contribution is 2.28. The Kier molecular flexibility index (Phi) is 7.21. The highest BCUT2D eigenvalue weighted by Gasteiger charge is 2.27. The summed E-state index contributed by atoms with van der Waals surface area (Å²) in [5.74, 6) is 0.111. The van der Waals surface area contributed by atoms with Crippen molar-refractivity contribution in [3.8, 4) is 5.75 Å². The van der Waals surface area contributed by atoms with E-state index in [-0.39, 0.29) is 23.7 Å². The monoisotopic (exact) mass is 382 g/mol. The van der Waals surface area contributed by atoms with Gasteiger partial charge in [-0.2, -0.15) is 0 Å². The van der Waals surface area contributed by atoms with E-state index in [0.717, 1.165) is 16.8 Å². The Bertz CT molecular complexity index is 843. The van der Waals surface area contributed by atoms with Crippen molar-refractivity contribution in [2.45, 2.75) is 46.6 Å². The molecule has 2 aromatic rings. The molecule has 1 unspecified atom stereocenters. The van der Waals surface area contributed by atoms with Crippen LogP contribution in [0, 0.1) is 12.8 Å². The van der Waals surface area contributed by atoms with Gasteiger partial charge in [0.05, 0.1) is 12.7 Å². The second-order valence-electron chi connectivity index (χ2n) is 7.58. The van der Waals surface area contributed by atoms with Crippen molar-refractivity contribution in [2.24, 2.45) is 5.92 Å². The summed E-state index contributed by atoms with van der Waals surface area (Å²) in [4.78, 5) is 25.8. The van der Waals surface area contributed by atoms with Crippen LogP contribution in [0.25, 0.3) is 0 Å². The van der Waals surface area contributed by atoms with Crippen molar-refractivity contribution in [1.29, 1.82) is 0 Å². The lowest BCUT2D eigenvalue weighted by Crippen LogP contribution is -2.47. The van der Waals surface area contributed by atoms with E-state index in [1.165, 1.54) is 7.11 Å². The third-order valence-electron chi connectivity index (χ3n) is 4.76. The van der Waals surface area contributed by atoms with Gasteiger partial charge in [-0.25, -0.2) is 0 Å². The van der Waals surface area contributed by atoms with E-state index in [4.69, 9.17) is 4.74 Å². The smallest absolute Gasteiger partial charge is 0.255 e. The summed E-state index contributed by atoms with van der Waals surface area (Å²) in [5.41, 5.74) is 3.30. The Labute approximate surface area is 167 Å². The van der Waals surface area contributed by atoms with E-state index >= 15 is 0 Å². The quantitative estimate of drug-likeness (QED) is 0.740. The molecule has 0 fully saturated rings. The van der Waals surface area contributed by atoms with Crippen molar-refractivity contribution in [3.63, 3.8) is 0 Å². The van der Waals surface area contributed by atoms with Gasteiger partial charge in [-0.15, -0.1) is 0 Å². The van der Waals surface area contributed by atoms with Crippen LogP contribution in [0.4, 0.5) is 5.69 Å². The molecule has 5 nitrogen and oxygen atoms in total. The summed E-state index contributed by atoms with van der Waals surface area (Å²) in [7, 11) is 1.52. The summed E-state index contributed by atoms with van der Waals surface area (Å²) >= 11 is 0. The first kappa shape index (κ1) is 21.5. The maximum absolute atomic E-state index is 13.0. The first-order valence-electron chi connectivity index (χ1n) is 9.60. The largest absolute Gasteiger partial charge is 0.496 e. The number of nitrogens with one attached hydrogen (secondary N) is 2. The van der Waals surface area contributed by atoms with E-state index in [2.05, 4.69) is 24.5 Å². The molecule has 0 bridgehead atoms. The van der Waals surface area contributed by atoms with Gasteiger partial charge in [0.15, 0.2) is 0 Å². The van der Waals surface area contributed by atoms with E-state index < -0.39 is 6.04 Å². The summed E-state index contributed by atoms with van der Waals surface area (Å²) in [6.45, 7) is 9.98. The zero-order valence-electron chi connectivity index (χ0n) is 17.5. The molecule has 2 amide bonds. The number of benzene rings is 2. The molecule has 1 atom stereocenters. The molecular formula is C23H30N2O3. The van der Waals surface area contributed by atoms with Crippen LogP contribution in [0.15, 0.2) is 42.5 Å². The van der Waals surface area contributed by atoms with Crippen LogP contribution in [0.5, 0.6) is 5.75 Å². The van der Waals surface area contributed by atoms with Gasteiger partial charge in [0.25, 0.3) is 5.91 Å². The number of aryl methyl sites for hydroxylation is 1. The van der Waals surface area contributed by atoms with Gasteiger partial charge in [0.2, 0.25) is 5.91 Å². The fourth-order valence-electron chi connectivity index (χ4n) is 3.13. The normalized spacial score (nSPS) is 12.0. The number of rotatable bonds is 7. The van der Waals surface area contributed by atoms with Crippen molar-refractivity contribution in [3.05, 3.63) is 59.2 Å². The molecule has 0 radical (unpaired) electrons. The molecule has 150 valence electrons. The fraction of sp³-hybridized carbons (Fsp3) is 0.391. The van der Waals surface area contributed by atoms with Crippen molar-refractivity contribution < 1.29 is 14.3 Å². The SMILES string of the molecule is COc1ccccc1C(=O)NC(C(=O)Nc1c(C)cccc1C(C)C)C(C)C. The molecule has 0 spiro atoms. The van der Waals surface area contributed by atoms with E-state index in [1.54, 1.807) is 24.3 Å². The van der Waals surface area contributed by atoms with Gasteiger partial charge in [-0.1, -0.05) is 58.0 Å². The minimum atomic E-state index is -0.669. The predicted molar refractivity (Wildman–Crippen MR) is 113 cm³/mol. The lowest BCUT2D eigenvalue weighted by Gasteiger charge is -2.24. The third-order valence-corrected chi connectivity index (χ3v) is 4.76. The minimum absolute atomic E-state index is 0.0785. The van der Waals surface area contributed by atoms with Crippen LogP contribution in [0.1, 0.15) is 55.1 Å². The summed E-state index contributed by atoms with van der Waals surface area (Å²) in [6.07, 6.45) is 0. The maximum atomic E-state index is 13.0. The second-order valence-corrected chi connectivity index (χ2v) is 7.58. The van der Waals surface area contributed by atoms with Crippen molar-refractivity contribution >= 4 is 17.5 Å². The van der Waals surface area contributed by atoms with Crippen LogP contribution >= 0.6 is 0 Å². The number of carbonyl (C=O) groups excluding carboxylic acids is 2. The molecule has 0 saturated heterocycles. The van der Waals surface area contributed by atoms with Gasteiger partial charge in [0.1, 0.15) is 11.8 Å². The number of ether oxygens (including phenoxy) is 1. The molecule has 0 aliphatic heterocycles. The highest BCUT2D eigenvalue weighted by atomic mass is 16.5. The van der Waals surface area contributed by atoms with Crippen LogP contribution < -0.4 is 15.4 Å². The van der Waals surface area contributed by atoms with Crippen molar-refractivity contribution in [2.75, 3.05) is 12.4 Å². The fourth-order valence-corrected chi connectivity index (χ4v) is 3.13. The zero-order valence-corrected chi connectivity index (χ0v) is 17.5. The average Bonchev–Trinajstić information content (AvgIpc) is 2.66. The standard InChI is InChI=1S/C23H30N2O3/c1-14(2)17-12-9-10-16(5)21(17)25-23(27)20(15(3)4)24-22(26)18-11-7-8-13-19(18)28-6/h7-15,20H,1-6H3,(H,24,26)(H,25,27). The Hall–Kier alpha value is -2.82. The lowest BCUT2D eigenvalue weighted by atomic mass is 9.97. The van der Waals surface area contributed by atoms with Crippen LogP contribution in [0.3, 0.4) is 0 Å². The average molecular weight is 383 g/mol. The number of methoxy groups -OCH3 is 1. The van der Waals surface area contributed by atoms with E-state index in [0.29, 0.717) is 11.3 Å². The van der Waals surface area contributed by atoms with E-state index in [1.807, 2.05) is 39.0 Å². The lowest BCUT2D eigenvalue weighted by molar-refractivity contribution is -0.118. The number of anilines is 1. The Morgan fingerprint density at radius 3 is 2.25 bits per heavy atom. The highest BCUT2D eigenvalue weighted by molar-refractivity contribution is 6.03. The predicted octanol–water partition coefficient (Wildman–Crippen LogP) is 4.52.